The van der Waals surface area contributed by atoms with E-state index < -0.39 is 0 Å². The maximum absolute atomic E-state index is 4.70. The summed E-state index contributed by atoms with van der Waals surface area (Å²) < 4.78 is 0. The smallest absolute Gasteiger partial charge is 0.203 e. The van der Waals surface area contributed by atoms with E-state index in [1.165, 1.54) is 5.56 Å². The van der Waals surface area contributed by atoms with Crippen molar-refractivity contribution in [1.29, 1.82) is 0 Å². The molecule has 4 nitrogen and oxygen atoms in total. The number of nitrogens with zero attached hydrogens (tertiary/aromatic N) is 2. The summed E-state index contributed by atoms with van der Waals surface area (Å²) in [5.41, 5.74) is 3.71. The van der Waals surface area contributed by atoms with Crippen molar-refractivity contribution in [2.75, 3.05) is 31.1 Å². The molecule has 0 unspecified atom stereocenters. The van der Waals surface area contributed by atoms with Crippen LogP contribution in [-0.4, -0.2) is 36.1 Å². The van der Waals surface area contributed by atoms with Gasteiger partial charge in [-0.05, 0) is 23.1 Å². The SMILES string of the molecule is CC(C)(C)c1ccc2nc(N3CCNCC3)[nH]c2c1. The Kier molecular flexibility index (Phi) is 2.97. The molecule has 1 saturated heterocycles. The second kappa shape index (κ2) is 4.53. The zero-order valence-electron chi connectivity index (χ0n) is 12.0. The van der Waals surface area contributed by atoms with Crippen LogP contribution in [-0.2, 0) is 5.41 Å². The number of anilines is 1. The molecule has 3 rings (SSSR count). The number of aromatic nitrogens is 2. The molecular formula is C15H22N4. The van der Waals surface area contributed by atoms with Crippen LogP contribution < -0.4 is 10.2 Å². The fourth-order valence-corrected chi connectivity index (χ4v) is 2.49. The van der Waals surface area contributed by atoms with Crippen molar-refractivity contribution in [3.8, 4) is 0 Å². The third-order valence-corrected chi connectivity index (χ3v) is 3.75. The predicted octanol–water partition coefficient (Wildman–Crippen LogP) is 2.27. The van der Waals surface area contributed by atoms with Gasteiger partial charge in [-0.3, -0.25) is 0 Å². The van der Waals surface area contributed by atoms with E-state index in [2.05, 4.69) is 54.2 Å². The third-order valence-electron chi connectivity index (χ3n) is 3.75. The first-order valence-corrected chi connectivity index (χ1v) is 7.00. The van der Waals surface area contributed by atoms with Gasteiger partial charge in [0.15, 0.2) is 0 Å². The largest absolute Gasteiger partial charge is 0.340 e. The molecule has 0 bridgehead atoms. The zero-order valence-corrected chi connectivity index (χ0v) is 12.0. The molecule has 2 heterocycles. The molecule has 0 saturated carbocycles. The lowest BCUT2D eigenvalue weighted by Gasteiger charge is -2.26. The molecule has 19 heavy (non-hydrogen) atoms. The van der Waals surface area contributed by atoms with Gasteiger partial charge in [-0.25, -0.2) is 4.98 Å². The number of rotatable bonds is 1. The molecule has 1 aliphatic rings. The maximum atomic E-state index is 4.70. The van der Waals surface area contributed by atoms with Crippen molar-refractivity contribution in [1.82, 2.24) is 15.3 Å². The van der Waals surface area contributed by atoms with Crippen LogP contribution in [0.25, 0.3) is 11.0 Å². The van der Waals surface area contributed by atoms with Crippen LogP contribution in [0.4, 0.5) is 5.95 Å². The van der Waals surface area contributed by atoms with Crippen molar-refractivity contribution in [3.63, 3.8) is 0 Å². The highest BCUT2D eigenvalue weighted by molar-refractivity contribution is 5.78. The van der Waals surface area contributed by atoms with Gasteiger partial charge < -0.3 is 15.2 Å². The van der Waals surface area contributed by atoms with Gasteiger partial charge in [-0.15, -0.1) is 0 Å². The summed E-state index contributed by atoms with van der Waals surface area (Å²) in [5.74, 6) is 1.00. The van der Waals surface area contributed by atoms with Gasteiger partial charge in [0, 0.05) is 26.2 Å². The number of hydrogen-bond acceptors (Lipinski definition) is 3. The summed E-state index contributed by atoms with van der Waals surface area (Å²) in [4.78, 5) is 10.5. The van der Waals surface area contributed by atoms with Crippen molar-refractivity contribution in [2.24, 2.45) is 0 Å². The predicted molar refractivity (Wildman–Crippen MR) is 79.9 cm³/mol. The fraction of sp³-hybridized carbons (Fsp3) is 0.533. The van der Waals surface area contributed by atoms with Crippen molar-refractivity contribution in [2.45, 2.75) is 26.2 Å². The number of benzene rings is 1. The van der Waals surface area contributed by atoms with Crippen LogP contribution in [0.5, 0.6) is 0 Å². The molecule has 0 aliphatic carbocycles. The van der Waals surface area contributed by atoms with E-state index in [-0.39, 0.29) is 5.41 Å². The number of fused-ring (bicyclic) bond motifs is 1. The lowest BCUT2D eigenvalue weighted by molar-refractivity contribution is 0.582. The highest BCUT2D eigenvalue weighted by Gasteiger charge is 2.17. The Morgan fingerprint density at radius 2 is 1.89 bits per heavy atom. The van der Waals surface area contributed by atoms with Gasteiger partial charge in [-0.2, -0.15) is 0 Å². The fourth-order valence-electron chi connectivity index (χ4n) is 2.49. The Hall–Kier alpha value is -1.55. The summed E-state index contributed by atoms with van der Waals surface area (Å²) in [5, 5.41) is 3.36. The molecule has 0 spiro atoms. The summed E-state index contributed by atoms with van der Waals surface area (Å²) >= 11 is 0. The molecule has 0 amide bonds. The Balaban J connectivity index is 1.96. The first-order chi connectivity index (χ1) is 9.04. The van der Waals surface area contributed by atoms with E-state index in [0.717, 1.165) is 43.2 Å². The second-order valence-electron chi connectivity index (χ2n) is 6.28. The van der Waals surface area contributed by atoms with Crippen LogP contribution in [0.15, 0.2) is 18.2 Å². The van der Waals surface area contributed by atoms with E-state index in [1.54, 1.807) is 0 Å². The molecule has 4 heteroatoms. The van der Waals surface area contributed by atoms with E-state index >= 15 is 0 Å². The molecule has 1 aromatic heterocycles. The quantitative estimate of drug-likeness (QED) is 0.824. The average molecular weight is 258 g/mol. The minimum absolute atomic E-state index is 0.175. The minimum Gasteiger partial charge on any atom is -0.340 e. The van der Waals surface area contributed by atoms with Crippen LogP contribution in [0, 0.1) is 0 Å². The number of imidazole rings is 1. The summed E-state index contributed by atoms with van der Waals surface area (Å²) in [6, 6.07) is 6.54. The number of nitrogens with one attached hydrogen (secondary N) is 2. The molecule has 0 radical (unpaired) electrons. The summed E-state index contributed by atoms with van der Waals surface area (Å²) in [6.45, 7) is 10.8. The number of hydrogen-bond donors (Lipinski definition) is 2. The molecular weight excluding hydrogens is 236 g/mol. The Labute approximate surface area is 114 Å². The Morgan fingerprint density at radius 3 is 2.58 bits per heavy atom. The molecule has 2 N–H and O–H groups in total. The van der Waals surface area contributed by atoms with Crippen molar-refractivity contribution >= 4 is 17.0 Å². The highest BCUT2D eigenvalue weighted by atomic mass is 15.3. The average Bonchev–Trinajstić information content (AvgIpc) is 2.81. The van der Waals surface area contributed by atoms with E-state index in [9.17, 15) is 0 Å². The van der Waals surface area contributed by atoms with Crippen LogP contribution >= 0.6 is 0 Å². The number of H-pyrrole nitrogens is 1. The van der Waals surface area contributed by atoms with Crippen LogP contribution in [0.2, 0.25) is 0 Å². The molecule has 102 valence electrons. The molecule has 0 atom stereocenters. The van der Waals surface area contributed by atoms with Crippen molar-refractivity contribution < 1.29 is 0 Å². The van der Waals surface area contributed by atoms with E-state index in [0.29, 0.717) is 0 Å². The topological polar surface area (TPSA) is 44.0 Å². The van der Waals surface area contributed by atoms with E-state index in [4.69, 9.17) is 4.98 Å². The van der Waals surface area contributed by atoms with Gasteiger partial charge >= 0.3 is 0 Å². The van der Waals surface area contributed by atoms with Gasteiger partial charge in [0.1, 0.15) is 0 Å². The standard InChI is InChI=1S/C15H22N4/c1-15(2,3)11-4-5-12-13(10-11)18-14(17-12)19-8-6-16-7-9-19/h4-5,10,16H,6-9H2,1-3H3,(H,17,18). The number of aromatic amines is 1. The number of piperazine rings is 1. The lowest BCUT2D eigenvalue weighted by atomic mass is 9.87. The van der Waals surface area contributed by atoms with Gasteiger partial charge in [0.05, 0.1) is 11.0 Å². The zero-order chi connectivity index (χ0) is 13.5. The van der Waals surface area contributed by atoms with Gasteiger partial charge in [0.2, 0.25) is 5.95 Å². The normalized spacial score (nSPS) is 17.1. The van der Waals surface area contributed by atoms with Gasteiger partial charge in [0.25, 0.3) is 0 Å². The lowest BCUT2D eigenvalue weighted by Crippen LogP contribution is -2.44. The van der Waals surface area contributed by atoms with Crippen molar-refractivity contribution in [3.05, 3.63) is 23.8 Å². The molecule has 1 aromatic carbocycles. The maximum Gasteiger partial charge on any atom is 0.203 e. The first kappa shape index (κ1) is 12.5. The molecule has 2 aromatic rings. The minimum atomic E-state index is 0.175. The summed E-state index contributed by atoms with van der Waals surface area (Å²) in [6.07, 6.45) is 0. The molecule has 1 aliphatic heterocycles. The van der Waals surface area contributed by atoms with E-state index in [1.807, 2.05) is 0 Å². The summed E-state index contributed by atoms with van der Waals surface area (Å²) in [7, 11) is 0. The first-order valence-electron chi connectivity index (χ1n) is 7.00. The van der Waals surface area contributed by atoms with Crippen LogP contribution in [0.1, 0.15) is 26.3 Å². The second-order valence-corrected chi connectivity index (χ2v) is 6.28. The highest BCUT2D eigenvalue weighted by Crippen LogP contribution is 2.26. The Bertz CT molecular complexity index is 573. The molecule has 1 fully saturated rings. The Morgan fingerprint density at radius 1 is 1.16 bits per heavy atom. The third kappa shape index (κ3) is 2.45. The monoisotopic (exact) mass is 258 g/mol. The van der Waals surface area contributed by atoms with Gasteiger partial charge in [-0.1, -0.05) is 26.8 Å². The van der Waals surface area contributed by atoms with Crippen LogP contribution in [0.3, 0.4) is 0 Å².